The average molecular weight is 262 g/mol. The highest BCUT2D eigenvalue weighted by Gasteiger charge is 2.16. The molecule has 1 aromatic carbocycles. The van der Waals surface area contributed by atoms with Crippen LogP contribution in [0.2, 0.25) is 0 Å². The van der Waals surface area contributed by atoms with E-state index in [0.717, 1.165) is 12.8 Å². The lowest BCUT2D eigenvalue weighted by Gasteiger charge is -2.22. The predicted octanol–water partition coefficient (Wildman–Crippen LogP) is 4.20. The van der Waals surface area contributed by atoms with Crippen LogP contribution in [0.25, 0.3) is 0 Å². The third-order valence-electron chi connectivity index (χ3n) is 3.03. The lowest BCUT2D eigenvalue weighted by atomic mass is 9.96. The molecule has 0 amide bonds. The lowest BCUT2D eigenvalue weighted by Crippen LogP contribution is -2.09. The van der Waals surface area contributed by atoms with E-state index in [-0.39, 0.29) is 5.97 Å². The zero-order valence-corrected chi connectivity index (χ0v) is 11.5. The molecule has 0 N–H and O–H groups in total. The largest absolute Gasteiger partial charge is 0.427 e. The Hall–Kier alpha value is -1.22. The molecule has 1 fully saturated rings. The van der Waals surface area contributed by atoms with Gasteiger partial charge in [0.05, 0.1) is 0 Å². The molecular weight excluding hydrogens is 244 g/mol. The summed E-state index contributed by atoms with van der Waals surface area (Å²) in [6, 6.07) is 7.75. The normalized spacial score (nSPS) is 16.6. The van der Waals surface area contributed by atoms with Gasteiger partial charge in [-0.05, 0) is 49.9 Å². The maximum Gasteiger partial charge on any atom is 0.308 e. The summed E-state index contributed by atoms with van der Waals surface area (Å²) < 4.78 is 5.01. The molecule has 1 aliphatic rings. The molecule has 1 aromatic rings. The molecule has 1 saturated carbocycles. The summed E-state index contributed by atoms with van der Waals surface area (Å²) in [7, 11) is 0. The van der Waals surface area contributed by atoms with Crippen LogP contribution < -0.4 is 4.74 Å². The number of carbonyl (C=O) groups is 1. The average Bonchev–Trinajstić information content (AvgIpc) is 2.34. The standard InChI is InChI=1S/C15H18O2S/c1-11-3-7-14(8-4-11)18-15-9-5-13(6-10-15)17-12(2)16/h5-6,9-10,14H,1,3-4,7-8H2,2H3. The van der Waals surface area contributed by atoms with E-state index in [1.54, 1.807) is 0 Å². The number of ether oxygens (including phenoxy) is 1. The fourth-order valence-electron chi connectivity index (χ4n) is 2.06. The second-order valence-electron chi connectivity index (χ2n) is 4.63. The molecular formula is C15H18O2S. The Labute approximate surface area is 112 Å². The zero-order chi connectivity index (χ0) is 13.0. The molecule has 0 atom stereocenters. The van der Waals surface area contributed by atoms with Crippen LogP contribution in [0.3, 0.4) is 0 Å². The quantitative estimate of drug-likeness (QED) is 0.464. The highest BCUT2D eigenvalue weighted by Crippen LogP contribution is 2.35. The van der Waals surface area contributed by atoms with E-state index >= 15 is 0 Å². The van der Waals surface area contributed by atoms with Gasteiger partial charge < -0.3 is 4.74 Å². The van der Waals surface area contributed by atoms with Crippen LogP contribution in [-0.4, -0.2) is 11.2 Å². The molecule has 3 heteroatoms. The van der Waals surface area contributed by atoms with Crippen molar-refractivity contribution in [2.75, 3.05) is 0 Å². The van der Waals surface area contributed by atoms with E-state index in [2.05, 4.69) is 6.58 Å². The number of carbonyl (C=O) groups excluding carboxylic acids is 1. The van der Waals surface area contributed by atoms with Gasteiger partial charge in [0.15, 0.2) is 0 Å². The summed E-state index contributed by atoms with van der Waals surface area (Å²) >= 11 is 1.91. The number of hydrogen-bond donors (Lipinski definition) is 0. The Bertz CT molecular complexity index is 426. The summed E-state index contributed by atoms with van der Waals surface area (Å²) in [5.41, 5.74) is 1.39. The van der Waals surface area contributed by atoms with Gasteiger partial charge >= 0.3 is 5.97 Å². The van der Waals surface area contributed by atoms with E-state index in [0.29, 0.717) is 11.0 Å². The van der Waals surface area contributed by atoms with E-state index in [9.17, 15) is 4.79 Å². The monoisotopic (exact) mass is 262 g/mol. The van der Waals surface area contributed by atoms with Gasteiger partial charge in [0.2, 0.25) is 0 Å². The highest BCUT2D eigenvalue weighted by molar-refractivity contribution is 8.00. The van der Waals surface area contributed by atoms with Crippen LogP contribution in [0, 0.1) is 0 Å². The Balaban J connectivity index is 1.90. The molecule has 1 aliphatic carbocycles. The summed E-state index contributed by atoms with van der Waals surface area (Å²) in [5, 5.41) is 0.690. The van der Waals surface area contributed by atoms with Crippen molar-refractivity contribution < 1.29 is 9.53 Å². The minimum Gasteiger partial charge on any atom is -0.427 e. The molecule has 2 rings (SSSR count). The number of benzene rings is 1. The molecule has 0 unspecified atom stereocenters. The molecule has 0 heterocycles. The van der Waals surface area contributed by atoms with Crippen molar-refractivity contribution >= 4 is 17.7 Å². The molecule has 0 aromatic heterocycles. The third-order valence-corrected chi connectivity index (χ3v) is 4.38. The molecule has 0 spiro atoms. The van der Waals surface area contributed by atoms with Gasteiger partial charge in [-0.15, -0.1) is 11.8 Å². The van der Waals surface area contributed by atoms with E-state index in [1.807, 2.05) is 36.0 Å². The van der Waals surface area contributed by atoms with Gasteiger partial charge in [0.25, 0.3) is 0 Å². The second kappa shape index (κ2) is 6.10. The van der Waals surface area contributed by atoms with E-state index in [4.69, 9.17) is 4.74 Å². The second-order valence-corrected chi connectivity index (χ2v) is 6.01. The van der Waals surface area contributed by atoms with Crippen LogP contribution in [0.15, 0.2) is 41.3 Å². The fourth-order valence-corrected chi connectivity index (χ4v) is 3.21. The van der Waals surface area contributed by atoms with Crippen molar-refractivity contribution in [1.82, 2.24) is 0 Å². The first-order valence-electron chi connectivity index (χ1n) is 6.25. The Kier molecular flexibility index (Phi) is 4.48. The maximum atomic E-state index is 10.8. The first kappa shape index (κ1) is 13.2. The van der Waals surface area contributed by atoms with Crippen molar-refractivity contribution in [3.63, 3.8) is 0 Å². The van der Waals surface area contributed by atoms with Gasteiger partial charge in [-0.2, -0.15) is 0 Å². The first-order valence-corrected chi connectivity index (χ1v) is 7.13. The lowest BCUT2D eigenvalue weighted by molar-refractivity contribution is -0.131. The minimum atomic E-state index is -0.277. The van der Waals surface area contributed by atoms with Crippen molar-refractivity contribution in [1.29, 1.82) is 0 Å². The first-order chi connectivity index (χ1) is 8.63. The Morgan fingerprint density at radius 2 is 1.89 bits per heavy atom. The number of thioether (sulfide) groups is 1. The molecule has 18 heavy (non-hydrogen) atoms. The van der Waals surface area contributed by atoms with E-state index < -0.39 is 0 Å². The van der Waals surface area contributed by atoms with Crippen molar-refractivity contribution in [3.05, 3.63) is 36.4 Å². The van der Waals surface area contributed by atoms with Crippen molar-refractivity contribution in [2.45, 2.75) is 42.8 Å². The van der Waals surface area contributed by atoms with Crippen molar-refractivity contribution in [3.8, 4) is 5.75 Å². The molecule has 0 bridgehead atoms. The number of rotatable bonds is 3. The highest BCUT2D eigenvalue weighted by atomic mass is 32.2. The SMILES string of the molecule is C=C1CCC(Sc2ccc(OC(C)=O)cc2)CC1. The van der Waals surface area contributed by atoms with Gasteiger partial charge in [0.1, 0.15) is 5.75 Å². The Morgan fingerprint density at radius 3 is 2.44 bits per heavy atom. The zero-order valence-electron chi connectivity index (χ0n) is 10.6. The number of allylic oxidation sites excluding steroid dienone is 1. The molecule has 0 aliphatic heterocycles. The smallest absolute Gasteiger partial charge is 0.308 e. The third kappa shape index (κ3) is 3.91. The van der Waals surface area contributed by atoms with Crippen LogP contribution in [0.4, 0.5) is 0 Å². The molecule has 0 saturated heterocycles. The summed E-state index contributed by atoms with van der Waals surface area (Å²) in [6.45, 7) is 5.45. The van der Waals surface area contributed by atoms with Crippen LogP contribution in [0.5, 0.6) is 5.75 Å². The van der Waals surface area contributed by atoms with Gasteiger partial charge in [-0.1, -0.05) is 12.2 Å². The maximum absolute atomic E-state index is 10.8. The molecule has 0 radical (unpaired) electrons. The Morgan fingerprint density at radius 1 is 1.28 bits per heavy atom. The summed E-state index contributed by atoms with van der Waals surface area (Å²) in [4.78, 5) is 12.0. The van der Waals surface area contributed by atoms with Gasteiger partial charge in [-0.3, -0.25) is 4.79 Å². The predicted molar refractivity (Wildman–Crippen MR) is 75.0 cm³/mol. The fraction of sp³-hybridized carbons (Fsp3) is 0.400. The van der Waals surface area contributed by atoms with Crippen LogP contribution in [-0.2, 0) is 4.79 Å². The van der Waals surface area contributed by atoms with Crippen LogP contribution in [0.1, 0.15) is 32.6 Å². The number of esters is 1. The van der Waals surface area contributed by atoms with Gasteiger partial charge in [0, 0.05) is 17.1 Å². The van der Waals surface area contributed by atoms with Crippen LogP contribution >= 0.6 is 11.8 Å². The summed E-state index contributed by atoms with van der Waals surface area (Å²) in [6.07, 6.45) is 4.75. The minimum absolute atomic E-state index is 0.277. The topological polar surface area (TPSA) is 26.3 Å². The number of hydrogen-bond acceptors (Lipinski definition) is 3. The molecule has 96 valence electrons. The van der Waals surface area contributed by atoms with Gasteiger partial charge in [-0.25, -0.2) is 0 Å². The van der Waals surface area contributed by atoms with E-state index in [1.165, 1.54) is 30.2 Å². The van der Waals surface area contributed by atoms with Crippen molar-refractivity contribution in [2.24, 2.45) is 0 Å². The summed E-state index contributed by atoms with van der Waals surface area (Å²) in [5.74, 6) is 0.338. The molecule has 2 nitrogen and oxygen atoms in total.